The summed E-state index contributed by atoms with van der Waals surface area (Å²) in [5.41, 5.74) is 0. The van der Waals surface area contributed by atoms with Gasteiger partial charge in [0.25, 0.3) is 0 Å². The summed E-state index contributed by atoms with van der Waals surface area (Å²) in [6, 6.07) is 0. The summed E-state index contributed by atoms with van der Waals surface area (Å²) in [7, 11) is 5.93. The summed E-state index contributed by atoms with van der Waals surface area (Å²) in [5.74, 6) is 5.35. The first-order chi connectivity index (χ1) is 3.63. The molecule has 50 valence electrons. The van der Waals surface area contributed by atoms with Gasteiger partial charge in [-0.3, -0.25) is 5.84 Å². The van der Waals surface area contributed by atoms with E-state index in [9.17, 15) is 0 Å². The third-order valence-electron chi connectivity index (χ3n) is 0.900. The number of hydrogen-bond acceptors (Lipinski definition) is 3. The molecule has 3 nitrogen and oxygen atoms in total. The number of likely N-dealkylation sites (N-methyl/N-ethyl adjacent to an activating group) is 2. The van der Waals surface area contributed by atoms with E-state index >= 15 is 0 Å². The fourth-order valence-electron chi connectivity index (χ4n) is 0.358. The average molecular weight is 117 g/mol. The highest BCUT2D eigenvalue weighted by Crippen LogP contribution is 1.73. The van der Waals surface area contributed by atoms with Crippen LogP contribution in [0.15, 0.2) is 0 Å². The van der Waals surface area contributed by atoms with Gasteiger partial charge in [0.05, 0.1) is 0 Å². The summed E-state index contributed by atoms with van der Waals surface area (Å²) in [4.78, 5) is 2.10. The van der Waals surface area contributed by atoms with Crippen molar-refractivity contribution in [1.82, 2.24) is 9.91 Å². The van der Waals surface area contributed by atoms with E-state index in [0.29, 0.717) is 0 Å². The normalized spacial score (nSPS) is 11.2. The van der Waals surface area contributed by atoms with Crippen molar-refractivity contribution in [2.24, 2.45) is 5.84 Å². The van der Waals surface area contributed by atoms with Crippen LogP contribution >= 0.6 is 0 Å². The minimum Gasteiger partial charge on any atom is -0.308 e. The zero-order chi connectivity index (χ0) is 6.57. The highest BCUT2D eigenvalue weighted by molar-refractivity contribution is 4.44. The molecule has 0 heterocycles. The second-order valence-corrected chi connectivity index (χ2v) is 2.28. The first kappa shape index (κ1) is 7.88. The first-order valence-corrected chi connectivity index (χ1v) is 2.73. The van der Waals surface area contributed by atoms with E-state index in [1.807, 2.05) is 21.1 Å². The number of hydrazine groups is 1. The standard InChI is InChI=1S/C5H15N3/c1-7(2)4-5-8(3)6/h4-6H2,1-3H3. The molecule has 2 N–H and O–H groups in total. The molecule has 0 saturated heterocycles. The summed E-state index contributed by atoms with van der Waals surface area (Å²) >= 11 is 0. The van der Waals surface area contributed by atoms with Gasteiger partial charge in [0.2, 0.25) is 0 Å². The van der Waals surface area contributed by atoms with Gasteiger partial charge in [0.15, 0.2) is 0 Å². The van der Waals surface area contributed by atoms with Gasteiger partial charge < -0.3 is 4.90 Å². The Balaban J connectivity index is 2.93. The SMILES string of the molecule is CN(C)CCN(C)N. The maximum atomic E-state index is 5.35. The predicted octanol–water partition coefficient (Wildman–Crippen LogP) is -0.646. The van der Waals surface area contributed by atoms with E-state index < -0.39 is 0 Å². The van der Waals surface area contributed by atoms with Crippen molar-refractivity contribution in [1.29, 1.82) is 0 Å². The number of nitrogens with two attached hydrogens (primary N) is 1. The maximum Gasteiger partial charge on any atom is 0.0253 e. The molecule has 0 aromatic rings. The molecule has 0 aliphatic carbocycles. The van der Waals surface area contributed by atoms with Gasteiger partial charge in [-0.25, -0.2) is 5.01 Å². The summed E-state index contributed by atoms with van der Waals surface area (Å²) in [6.45, 7) is 1.94. The average Bonchev–Trinajstić information content (AvgIpc) is 1.61. The Hall–Kier alpha value is -0.120. The minimum atomic E-state index is 0.924. The van der Waals surface area contributed by atoms with Crippen molar-refractivity contribution >= 4 is 0 Å². The zero-order valence-corrected chi connectivity index (χ0v) is 5.89. The number of hydrogen-bond donors (Lipinski definition) is 1. The molecule has 0 aromatic carbocycles. The van der Waals surface area contributed by atoms with E-state index in [2.05, 4.69) is 4.90 Å². The van der Waals surface area contributed by atoms with E-state index in [4.69, 9.17) is 5.84 Å². The monoisotopic (exact) mass is 117 g/mol. The van der Waals surface area contributed by atoms with Gasteiger partial charge in [-0.2, -0.15) is 0 Å². The third kappa shape index (κ3) is 5.88. The van der Waals surface area contributed by atoms with Crippen LogP contribution in [0.1, 0.15) is 0 Å². The Kier molecular flexibility index (Phi) is 3.77. The largest absolute Gasteiger partial charge is 0.308 e. The molecule has 8 heavy (non-hydrogen) atoms. The summed E-state index contributed by atoms with van der Waals surface area (Å²) < 4.78 is 0. The second kappa shape index (κ2) is 3.83. The van der Waals surface area contributed by atoms with Gasteiger partial charge in [-0.1, -0.05) is 0 Å². The lowest BCUT2D eigenvalue weighted by Gasteiger charge is -2.13. The summed E-state index contributed by atoms with van der Waals surface area (Å²) in [5, 5.41) is 1.68. The fraction of sp³-hybridized carbons (Fsp3) is 1.00. The molecule has 0 unspecified atom stereocenters. The van der Waals surface area contributed by atoms with Crippen molar-refractivity contribution in [3.8, 4) is 0 Å². The molecule has 0 amide bonds. The molecule has 0 bridgehead atoms. The second-order valence-electron chi connectivity index (χ2n) is 2.28. The van der Waals surface area contributed by atoms with Crippen molar-refractivity contribution in [2.45, 2.75) is 0 Å². The fourth-order valence-corrected chi connectivity index (χ4v) is 0.358. The molecule has 0 atom stereocenters. The predicted molar refractivity (Wildman–Crippen MR) is 35.4 cm³/mol. The van der Waals surface area contributed by atoms with Crippen LogP contribution in [0.2, 0.25) is 0 Å². The van der Waals surface area contributed by atoms with Crippen molar-refractivity contribution < 1.29 is 0 Å². The van der Waals surface area contributed by atoms with E-state index in [1.165, 1.54) is 0 Å². The van der Waals surface area contributed by atoms with Crippen molar-refractivity contribution in [3.05, 3.63) is 0 Å². The molecule has 0 aliphatic rings. The van der Waals surface area contributed by atoms with E-state index in [1.54, 1.807) is 5.01 Å². The molecule has 0 aromatic heterocycles. The lowest BCUT2D eigenvalue weighted by Crippen LogP contribution is -2.33. The van der Waals surface area contributed by atoms with E-state index in [-0.39, 0.29) is 0 Å². The first-order valence-electron chi connectivity index (χ1n) is 2.73. The maximum absolute atomic E-state index is 5.35. The van der Waals surface area contributed by atoms with Crippen LogP contribution in [0, 0.1) is 0 Å². The molecule has 0 rings (SSSR count). The van der Waals surface area contributed by atoms with Crippen LogP contribution in [0.3, 0.4) is 0 Å². The van der Waals surface area contributed by atoms with Crippen LogP contribution in [-0.2, 0) is 0 Å². The molecule has 0 radical (unpaired) electrons. The Morgan fingerprint density at radius 3 is 1.75 bits per heavy atom. The quantitative estimate of drug-likeness (QED) is 0.394. The Labute approximate surface area is 51.0 Å². The van der Waals surface area contributed by atoms with Crippen LogP contribution in [0.25, 0.3) is 0 Å². The molecule has 0 saturated carbocycles. The highest BCUT2D eigenvalue weighted by atomic mass is 15.4. The van der Waals surface area contributed by atoms with Gasteiger partial charge >= 0.3 is 0 Å². The molecule has 0 spiro atoms. The van der Waals surface area contributed by atoms with Gasteiger partial charge in [0.1, 0.15) is 0 Å². The van der Waals surface area contributed by atoms with E-state index in [0.717, 1.165) is 13.1 Å². The smallest absolute Gasteiger partial charge is 0.0253 e. The van der Waals surface area contributed by atoms with Crippen LogP contribution < -0.4 is 5.84 Å². The molecular weight excluding hydrogens is 102 g/mol. The Bertz CT molecular complexity index is 43.6. The van der Waals surface area contributed by atoms with Gasteiger partial charge in [-0.15, -0.1) is 0 Å². The van der Waals surface area contributed by atoms with Crippen molar-refractivity contribution in [2.75, 3.05) is 34.2 Å². The molecule has 0 fully saturated rings. The van der Waals surface area contributed by atoms with Crippen molar-refractivity contribution in [3.63, 3.8) is 0 Å². The number of rotatable bonds is 3. The molecule has 0 aliphatic heterocycles. The lowest BCUT2D eigenvalue weighted by molar-refractivity contribution is 0.289. The number of nitrogens with zero attached hydrogens (tertiary/aromatic N) is 2. The van der Waals surface area contributed by atoms with Crippen LogP contribution in [0.4, 0.5) is 0 Å². The molecular formula is C5H15N3. The Morgan fingerprint density at radius 1 is 1.12 bits per heavy atom. The molecule has 3 heteroatoms. The topological polar surface area (TPSA) is 32.5 Å². The highest BCUT2D eigenvalue weighted by Gasteiger charge is 1.89. The summed E-state index contributed by atoms with van der Waals surface area (Å²) in [6.07, 6.45) is 0. The lowest BCUT2D eigenvalue weighted by atomic mass is 10.6. The van der Waals surface area contributed by atoms with Gasteiger partial charge in [-0.05, 0) is 14.1 Å². The van der Waals surface area contributed by atoms with Crippen LogP contribution in [0.5, 0.6) is 0 Å². The van der Waals surface area contributed by atoms with Gasteiger partial charge in [0, 0.05) is 20.1 Å². The van der Waals surface area contributed by atoms with Crippen LogP contribution in [-0.4, -0.2) is 44.1 Å². The minimum absolute atomic E-state index is 0.924. The zero-order valence-electron chi connectivity index (χ0n) is 5.89. The third-order valence-corrected chi connectivity index (χ3v) is 0.900. The Morgan fingerprint density at radius 2 is 1.62 bits per heavy atom.